The highest BCUT2D eigenvalue weighted by molar-refractivity contribution is 9.11. The van der Waals surface area contributed by atoms with Crippen molar-refractivity contribution in [1.82, 2.24) is 0 Å². The monoisotopic (exact) mass is 343 g/mol. The van der Waals surface area contributed by atoms with Crippen molar-refractivity contribution < 1.29 is 0 Å². The van der Waals surface area contributed by atoms with E-state index in [-0.39, 0.29) is 6.04 Å². The summed E-state index contributed by atoms with van der Waals surface area (Å²) in [7, 11) is 0. The average molecular weight is 345 g/mol. The fourth-order valence-corrected chi connectivity index (χ4v) is 3.71. The van der Waals surface area contributed by atoms with Crippen LogP contribution in [0.2, 0.25) is 5.02 Å². The van der Waals surface area contributed by atoms with Crippen molar-refractivity contribution in [2.45, 2.75) is 26.3 Å². The summed E-state index contributed by atoms with van der Waals surface area (Å²) in [6, 6.07) is 8.26. The van der Waals surface area contributed by atoms with Crippen LogP contribution in [0, 0.1) is 13.8 Å². The molecule has 1 aromatic carbocycles. The van der Waals surface area contributed by atoms with E-state index in [0.717, 1.165) is 20.8 Å². The highest BCUT2D eigenvalue weighted by Crippen LogP contribution is 2.32. The number of hydrogen-bond acceptors (Lipinski definition) is 2. The van der Waals surface area contributed by atoms with Gasteiger partial charge in [0.15, 0.2) is 0 Å². The summed E-state index contributed by atoms with van der Waals surface area (Å²) < 4.78 is 1.16. The molecule has 4 heteroatoms. The van der Waals surface area contributed by atoms with E-state index in [1.165, 1.54) is 16.0 Å². The van der Waals surface area contributed by atoms with Crippen molar-refractivity contribution in [2.24, 2.45) is 5.73 Å². The van der Waals surface area contributed by atoms with Crippen LogP contribution in [-0.4, -0.2) is 0 Å². The minimum absolute atomic E-state index is 0.000191. The molecule has 2 N–H and O–H groups in total. The largest absolute Gasteiger partial charge is 0.323 e. The van der Waals surface area contributed by atoms with Crippen LogP contribution >= 0.6 is 38.9 Å². The molecular formula is C14H15BrClNS. The summed E-state index contributed by atoms with van der Waals surface area (Å²) in [6.45, 7) is 4.12. The summed E-state index contributed by atoms with van der Waals surface area (Å²) >= 11 is 11.5. The fraction of sp³-hybridized carbons (Fsp3) is 0.286. The molecular weight excluding hydrogens is 330 g/mol. The van der Waals surface area contributed by atoms with Crippen LogP contribution < -0.4 is 5.73 Å². The highest BCUT2D eigenvalue weighted by atomic mass is 79.9. The maximum Gasteiger partial charge on any atom is 0.0731 e. The van der Waals surface area contributed by atoms with Crippen molar-refractivity contribution in [3.8, 4) is 0 Å². The third-order valence-electron chi connectivity index (χ3n) is 2.89. The minimum Gasteiger partial charge on any atom is -0.323 e. The molecule has 1 atom stereocenters. The molecule has 0 radical (unpaired) electrons. The van der Waals surface area contributed by atoms with E-state index in [9.17, 15) is 0 Å². The molecule has 0 saturated heterocycles. The predicted molar refractivity (Wildman–Crippen MR) is 83.6 cm³/mol. The standard InChI is InChI=1S/C14H15BrClNS/c1-8-3-4-10(11(16)5-8)7-12(17)13-6-9(2)14(15)18-13/h3-6,12H,7,17H2,1-2H3. The number of hydrogen-bond donors (Lipinski definition) is 1. The van der Waals surface area contributed by atoms with Gasteiger partial charge in [-0.05, 0) is 65.0 Å². The van der Waals surface area contributed by atoms with Crippen molar-refractivity contribution in [1.29, 1.82) is 0 Å². The molecule has 0 amide bonds. The Balaban J connectivity index is 2.18. The first-order valence-electron chi connectivity index (χ1n) is 5.74. The molecule has 1 unspecified atom stereocenters. The van der Waals surface area contributed by atoms with Crippen LogP contribution in [0.1, 0.15) is 27.6 Å². The summed E-state index contributed by atoms with van der Waals surface area (Å²) in [5, 5.41) is 0.804. The van der Waals surface area contributed by atoms with E-state index >= 15 is 0 Å². The van der Waals surface area contributed by atoms with Crippen molar-refractivity contribution in [3.63, 3.8) is 0 Å². The average Bonchev–Trinajstić information content (AvgIpc) is 2.63. The van der Waals surface area contributed by atoms with E-state index in [1.54, 1.807) is 11.3 Å². The summed E-state index contributed by atoms with van der Waals surface area (Å²) in [6.07, 6.45) is 0.769. The van der Waals surface area contributed by atoms with Crippen molar-refractivity contribution in [3.05, 3.63) is 54.6 Å². The van der Waals surface area contributed by atoms with Crippen LogP contribution in [0.25, 0.3) is 0 Å². The highest BCUT2D eigenvalue weighted by Gasteiger charge is 2.13. The molecule has 0 bridgehead atoms. The molecule has 2 aromatic rings. The van der Waals surface area contributed by atoms with E-state index in [0.29, 0.717) is 0 Å². The van der Waals surface area contributed by atoms with Crippen LogP contribution in [0.15, 0.2) is 28.1 Å². The lowest BCUT2D eigenvalue weighted by atomic mass is 10.0. The maximum absolute atomic E-state index is 6.25. The smallest absolute Gasteiger partial charge is 0.0731 e. The van der Waals surface area contributed by atoms with E-state index in [4.69, 9.17) is 17.3 Å². The second-order valence-corrected chi connectivity index (χ2v) is 7.32. The van der Waals surface area contributed by atoms with Gasteiger partial charge in [-0.15, -0.1) is 11.3 Å². The molecule has 0 aliphatic rings. The SMILES string of the molecule is Cc1ccc(CC(N)c2cc(C)c(Br)s2)c(Cl)c1. The zero-order valence-corrected chi connectivity index (χ0v) is 13.5. The van der Waals surface area contributed by atoms with Gasteiger partial charge in [0.25, 0.3) is 0 Å². The van der Waals surface area contributed by atoms with Gasteiger partial charge in [-0.2, -0.15) is 0 Å². The molecule has 0 saturated carbocycles. The molecule has 0 aliphatic heterocycles. The number of halogens is 2. The molecule has 0 fully saturated rings. The Morgan fingerprint density at radius 3 is 2.61 bits per heavy atom. The van der Waals surface area contributed by atoms with E-state index in [2.05, 4.69) is 41.1 Å². The van der Waals surface area contributed by atoms with E-state index in [1.807, 2.05) is 13.0 Å². The third kappa shape index (κ3) is 3.15. The second kappa shape index (κ2) is 5.74. The van der Waals surface area contributed by atoms with Crippen LogP contribution in [0.5, 0.6) is 0 Å². The van der Waals surface area contributed by atoms with Crippen LogP contribution in [0.4, 0.5) is 0 Å². The van der Waals surface area contributed by atoms with Gasteiger partial charge in [0.2, 0.25) is 0 Å². The summed E-state index contributed by atoms with van der Waals surface area (Å²) in [5.74, 6) is 0. The maximum atomic E-state index is 6.25. The second-order valence-electron chi connectivity index (χ2n) is 4.51. The predicted octanol–water partition coefficient (Wildman–Crippen LogP) is 5.02. The fourth-order valence-electron chi connectivity index (χ4n) is 1.82. The Morgan fingerprint density at radius 1 is 1.33 bits per heavy atom. The van der Waals surface area contributed by atoms with Gasteiger partial charge in [0.1, 0.15) is 0 Å². The van der Waals surface area contributed by atoms with Gasteiger partial charge in [0, 0.05) is 15.9 Å². The lowest BCUT2D eigenvalue weighted by molar-refractivity contribution is 0.736. The zero-order chi connectivity index (χ0) is 13.3. The normalized spacial score (nSPS) is 12.7. The van der Waals surface area contributed by atoms with Gasteiger partial charge in [-0.25, -0.2) is 0 Å². The van der Waals surface area contributed by atoms with Gasteiger partial charge < -0.3 is 5.73 Å². The Morgan fingerprint density at radius 2 is 2.06 bits per heavy atom. The van der Waals surface area contributed by atoms with Crippen LogP contribution in [-0.2, 0) is 6.42 Å². The molecule has 2 rings (SSSR count). The first kappa shape index (κ1) is 14.1. The lowest BCUT2D eigenvalue weighted by Gasteiger charge is -2.11. The van der Waals surface area contributed by atoms with Gasteiger partial charge in [0.05, 0.1) is 3.79 Å². The molecule has 0 aliphatic carbocycles. The Bertz CT molecular complexity index is 545. The first-order chi connectivity index (χ1) is 8.47. The molecule has 1 heterocycles. The zero-order valence-electron chi connectivity index (χ0n) is 10.3. The van der Waals surface area contributed by atoms with Gasteiger partial charge >= 0.3 is 0 Å². The third-order valence-corrected chi connectivity index (χ3v) is 5.51. The topological polar surface area (TPSA) is 26.0 Å². The van der Waals surface area contributed by atoms with Crippen molar-refractivity contribution in [2.75, 3.05) is 0 Å². The molecule has 1 aromatic heterocycles. The number of benzene rings is 1. The molecule has 18 heavy (non-hydrogen) atoms. The van der Waals surface area contributed by atoms with Crippen molar-refractivity contribution >= 4 is 38.9 Å². The number of aryl methyl sites for hydroxylation is 2. The number of thiophene rings is 1. The Kier molecular flexibility index (Phi) is 4.49. The van der Waals surface area contributed by atoms with Crippen LogP contribution in [0.3, 0.4) is 0 Å². The summed E-state index contributed by atoms with van der Waals surface area (Å²) in [4.78, 5) is 1.19. The number of nitrogens with two attached hydrogens (primary N) is 1. The van der Waals surface area contributed by atoms with Gasteiger partial charge in [-0.3, -0.25) is 0 Å². The minimum atomic E-state index is 0.000191. The summed E-state index contributed by atoms with van der Waals surface area (Å²) in [5.41, 5.74) is 9.77. The Hall–Kier alpha value is -0.350. The quantitative estimate of drug-likeness (QED) is 0.831. The lowest BCUT2D eigenvalue weighted by Crippen LogP contribution is -2.12. The molecule has 0 spiro atoms. The van der Waals surface area contributed by atoms with E-state index < -0.39 is 0 Å². The first-order valence-corrected chi connectivity index (χ1v) is 7.72. The molecule has 1 nitrogen and oxygen atoms in total. The Labute approximate surface area is 125 Å². The number of rotatable bonds is 3. The molecule has 96 valence electrons. The van der Waals surface area contributed by atoms with Gasteiger partial charge in [-0.1, -0.05) is 23.7 Å².